The molecule has 0 spiro atoms. The lowest BCUT2D eigenvalue weighted by atomic mass is 9.86. The molecule has 0 bridgehead atoms. The minimum absolute atomic E-state index is 0.136. The van der Waals surface area contributed by atoms with Crippen LogP contribution in [-0.2, 0) is 24.7 Å². The molecule has 0 aliphatic heterocycles. The number of aromatic nitrogens is 3. The number of thioether (sulfide) groups is 1. The molecule has 5 rings (SSSR count). The van der Waals surface area contributed by atoms with Crippen LogP contribution in [0, 0.1) is 31.1 Å². The third-order valence-corrected chi connectivity index (χ3v) is 10.1. The number of hydrogen-bond donors (Lipinski definition) is 1. The molecule has 1 atom stereocenters. The van der Waals surface area contributed by atoms with Crippen molar-refractivity contribution in [3.8, 4) is 28.6 Å². The third-order valence-electron chi connectivity index (χ3n) is 7.03. The van der Waals surface area contributed by atoms with Crippen LogP contribution in [0.2, 0.25) is 0 Å². The molecule has 1 aliphatic rings. The second-order valence-corrected chi connectivity index (χ2v) is 12.6. The highest BCUT2D eigenvalue weighted by atomic mass is 32.2. The second kappa shape index (κ2) is 10.8. The van der Waals surface area contributed by atoms with Crippen molar-refractivity contribution in [1.82, 2.24) is 14.8 Å². The lowest BCUT2D eigenvalue weighted by molar-refractivity contribution is -0.113. The largest absolute Gasteiger partial charge is 0.316 e. The fourth-order valence-electron chi connectivity index (χ4n) is 4.88. The topological polar surface area (TPSA) is 83.6 Å². The maximum atomic E-state index is 12.9. The molecule has 1 unspecified atom stereocenters. The zero-order chi connectivity index (χ0) is 26.1. The van der Waals surface area contributed by atoms with Gasteiger partial charge in [-0.3, -0.25) is 4.79 Å². The first-order valence-corrected chi connectivity index (χ1v) is 15.1. The number of anilines is 1. The average Bonchev–Trinajstić information content (AvgIpc) is 3.56. The number of nitrogens with one attached hydrogen (secondary N) is 1. The predicted octanol–water partition coefficient (Wildman–Crippen LogP) is 7.01. The van der Waals surface area contributed by atoms with Gasteiger partial charge in [0, 0.05) is 33.3 Å². The van der Waals surface area contributed by atoms with E-state index < -0.39 is 0 Å². The quantitative estimate of drug-likeness (QED) is 0.252. The van der Waals surface area contributed by atoms with E-state index in [1.165, 1.54) is 32.6 Å². The first kappa shape index (κ1) is 25.7. The van der Waals surface area contributed by atoms with Gasteiger partial charge in [0.1, 0.15) is 11.1 Å². The predicted molar refractivity (Wildman–Crippen MR) is 153 cm³/mol. The van der Waals surface area contributed by atoms with Crippen LogP contribution in [0.3, 0.4) is 0 Å². The van der Waals surface area contributed by atoms with Gasteiger partial charge >= 0.3 is 0 Å². The normalized spacial score (nSPS) is 14.8. The summed E-state index contributed by atoms with van der Waals surface area (Å²) in [7, 11) is 1.94. The molecular formula is C28H29N5OS3. The van der Waals surface area contributed by atoms with Gasteiger partial charge < -0.3 is 9.88 Å². The summed E-state index contributed by atoms with van der Waals surface area (Å²) >= 11 is 4.62. The fraction of sp³-hybridized carbons (Fsp3) is 0.357. The fourth-order valence-corrected chi connectivity index (χ4v) is 7.78. The van der Waals surface area contributed by atoms with Gasteiger partial charge in [-0.1, -0.05) is 54.9 Å². The Bertz CT molecular complexity index is 1490. The SMILES string of the molecule is CCC1CCc2c(sc(NC(=O)CSc3nnc(-c4csc(C)c4-c4ccc(C)cc4)n3C)c2C#N)C1. The van der Waals surface area contributed by atoms with E-state index in [2.05, 4.69) is 72.0 Å². The third kappa shape index (κ3) is 5.11. The van der Waals surface area contributed by atoms with Gasteiger partial charge in [0.2, 0.25) is 5.91 Å². The second-order valence-electron chi connectivity index (χ2n) is 9.49. The smallest absolute Gasteiger partial charge is 0.235 e. The molecule has 3 heterocycles. The zero-order valence-electron chi connectivity index (χ0n) is 21.4. The van der Waals surface area contributed by atoms with Crippen molar-refractivity contribution in [2.75, 3.05) is 11.1 Å². The number of fused-ring (bicyclic) bond motifs is 1. The monoisotopic (exact) mass is 547 g/mol. The number of aryl methyl sites for hydroxylation is 2. The van der Waals surface area contributed by atoms with Crippen LogP contribution in [0.15, 0.2) is 34.8 Å². The van der Waals surface area contributed by atoms with Gasteiger partial charge in [0.05, 0.1) is 11.3 Å². The number of rotatable bonds is 7. The Morgan fingerprint density at radius 3 is 2.78 bits per heavy atom. The Morgan fingerprint density at radius 1 is 1.27 bits per heavy atom. The molecule has 9 heteroatoms. The summed E-state index contributed by atoms with van der Waals surface area (Å²) in [6, 6.07) is 10.9. The van der Waals surface area contributed by atoms with E-state index in [0.29, 0.717) is 21.6 Å². The van der Waals surface area contributed by atoms with E-state index >= 15 is 0 Å². The van der Waals surface area contributed by atoms with Crippen LogP contribution in [0.25, 0.3) is 22.5 Å². The van der Waals surface area contributed by atoms with Gasteiger partial charge in [-0.15, -0.1) is 32.9 Å². The van der Waals surface area contributed by atoms with Gasteiger partial charge in [-0.25, -0.2) is 0 Å². The van der Waals surface area contributed by atoms with Gasteiger partial charge in [-0.2, -0.15) is 5.26 Å². The van der Waals surface area contributed by atoms with Crippen molar-refractivity contribution in [2.45, 2.75) is 51.6 Å². The highest BCUT2D eigenvalue weighted by Crippen LogP contribution is 2.41. The number of hydrogen-bond acceptors (Lipinski definition) is 7. The average molecular weight is 548 g/mol. The first-order chi connectivity index (χ1) is 17.9. The number of nitrogens with zero attached hydrogens (tertiary/aromatic N) is 4. The summed E-state index contributed by atoms with van der Waals surface area (Å²) in [6.45, 7) is 6.43. The van der Waals surface area contributed by atoms with Crippen molar-refractivity contribution in [2.24, 2.45) is 13.0 Å². The number of nitriles is 1. The summed E-state index contributed by atoms with van der Waals surface area (Å²) in [4.78, 5) is 15.3. The summed E-state index contributed by atoms with van der Waals surface area (Å²) in [5.74, 6) is 1.51. The van der Waals surface area contributed by atoms with Crippen molar-refractivity contribution < 1.29 is 4.79 Å². The Hall–Kier alpha value is -2.93. The molecular weight excluding hydrogens is 519 g/mol. The number of carbonyl (C=O) groups excluding carboxylic acids is 1. The van der Waals surface area contributed by atoms with Crippen LogP contribution < -0.4 is 5.32 Å². The number of carbonyl (C=O) groups is 1. The molecule has 4 aromatic rings. The van der Waals surface area contributed by atoms with Gasteiger partial charge in [0.25, 0.3) is 0 Å². The highest BCUT2D eigenvalue weighted by molar-refractivity contribution is 7.99. The molecule has 1 N–H and O–H groups in total. The summed E-state index contributed by atoms with van der Waals surface area (Å²) < 4.78 is 1.95. The van der Waals surface area contributed by atoms with E-state index in [0.717, 1.165) is 48.2 Å². The summed E-state index contributed by atoms with van der Waals surface area (Å²) in [5.41, 5.74) is 6.38. The Balaban J connectivity index is 1.30. The minimum Gasteiger partial charge on any atom is -0.316 e. The zero-order valence-corrected chi connectivity index (χ0v) is 23.9. The number of amides is 1. The van der Waals surface area contributed by atoms with Crippen molar-refractivity contribution in [1.29, 1.82) is 5.26 Å². The maximum absolute atomic E-state index is 12.9. The molecule has 1 amide bonds. The number of benzene rings is 1. The molecule has 190 valence electrons. The van der Waals surface area contributed by atoms with Crippen LogP contribution in [0.1, 0.15) is 46.2 Å². The minimum atomic E-state index is -0.136. The van der Waals surface area contributed by atoms with Crippen LogP contribution in [-0.4, -0.2) is 26.4 Å². The van der Waals surface area contributed by atoms with Crippen LogP contribution in [0.4, 0.5) is 5.00 Å². The summed E-state index contributed by atoms with van der Waals surface area (Å²) in [6.07, 6.45) is 4.19. The molecule has 0 saturated heterocycles. The Morgan fingerprint density at radius 2 is 2.05 bits per heavy atom. The van der Waals surface area contributed by atoms with E-state index in [9.17, 15) is 10.1 Å². The van der Waals surface area contributed by atoms with E-state index in [4.69, 9.17) is 0 Å². The van der Waals surface area contributed by atoms with Crippen LogP contribution in [0.5, 0.6) is 0 Å². The van der Waals surface area contributed by atoms with Crippen molar-refractivity contribution in [3.05, 3.63) is 56.1 Å². The Kier molecular flexibility index (Phi) is 7.52. The number of thiophene rings is 2. The molecule has 6 nitrogen and oxygen atoms in total. The van der Waals surface area contributed by atoms with Crippen molar-refractivity contribution >= 4 is 45.3 Å². The Labute approximate surface area is 229 Å². The molecule has 37 heavy (non-hydrogen) atoms. The van der Waals surface area contributed by atoms with Crippen LogP contribution >= 0.6 is 34.4 Å². The standard InChI is InChI=1S/C28H29N5OS3/c1-5-18-8-11-20-21(13-29)27(37-23(20)12-18)30-24(34)15-36-28-32-31-26(33(28)4)22-14-35-17(3)25(22)19-9-6-16(2)7-10-19/h6-7,9-10,14,18H,5,8,11-12,15H2,1-4H3,(H,30,34). The van der Waals surface area contributed by atoms with E-state index in [-0.39, 0.29) is 11.7 Å². The van der Waals surface area contributed by atoms with Crippen molar-refractivity contribution in [3.63, 3.8) is 0 Å². The maximum Gasteiger partial charge on any atom is 0.235 e. The molecule has 0 radical (unpaired) electrons. The van der Waals surface area contributed by atoms with Gasteiger partial charge in [-0.05, 0) is 50.2 Å². The molecule has 0 saturated carbocycles. The summed E-state index contributed by atoms with van der Waals surface area (Å²) in [5, 5.41) is 25.1. The van der Waals surface area contributed by atoms with Gasteiger partial charge in [0.15, 0.2) is 11.0 Å². The van der Waals surface area contributed by atoms with E-state index in [1.54, 1.807) is 22.7 Å². The van der Waals surface area contributed by atoms with E-state index in [1.807, 2.05) is 11.6 Å². The lowest BCUT2D eigenvalue weighted by Crippen LogP contribution is -2.14. The molecule has 3 aromatic heterocycles. The molecule has 0 fully saturated rings. The molecule has 1 aliphatic carbocycles. The first-order valence-electron chi connectivity index (χ1n) is 12.4. The molecule has 1 aromatic carbocycles. The lowest BCUT2D eigenvalue weighted by Gasteiger charge is -2.20. The highest BCUT2D eigenvalue weighted by Gasteiger charge is 2.26.